The van der Waals surface area contributed by atoms with Gasteiger partial charge in [-0.15, -0.1) is 0 Å². The third-order valence-electron chi connectivity index (χ3n) is 3.53. The van der Waals surface area contributed by atoms with E-state index in [-0.39, 0.29) is 16.6 Å². The van der Waals surface area contributed by atoms with Crippen molar-refractivity contribution in [2.24, 2.45) is 5.10 Å². The van der Waals surface area contributed by atoms with E-state index in [4.69, 9.17) is 4.18 Å². The van der Waals surface area contributed by atoms with Crippen LogP contribution in [-0.4, -0.2) is 20.5 Å². The van der Waals surface area contributed by atoms with Crippen molar-refractivity contribution in [2.75, 3.05) is 0 Å². The number of hydrogen-bond donors (Lipinski definition) is 1. The molecule has 1 amide bonds. The first-order chi connectivity index (χ1) is 13.0. The number of benzene rings is 3. The third kappa shape index (κ3) is 5.02. The van der Waals surface area contributed by atoms with Gasteiger partial charge in [0.1, 0.15) is 10.6 Å². The van der Waals surface area contributed by atoms with Gasteiger partial charge in [0.25, 0.3) is 5.91 Å². The van der Waals surface area contributed by atoms with Crippen LogP contribution in [-0.2, 0) is 10.1 Å². The fourth-order valence-corrected chi connectivity index (χ4v) is 3.14. The number of carbonyl (C=O) groups is 1. The highest BCUT2D eigenvalue weighted by Gasteiger charge is 2.15. The van der Waals surface area contributed by atoms with Gasteiger partial charge in [-0.1, -0.05) is 36.4 Å². The third-order valence-corrected chi connectivity index (χ3v) is 4.79. The summed E-state index contributed by atoms with van der Waals surface area (Å²) < 4.78 is 29.4. The van der Waals surface area contributed by atoms with Crippen molar-refractivity contribution in [1.82, 2.24) is 5.43 Å². The van der Waals surface area contributed by atoms with Crippen molar-refractivity contribution in [3.8, 4) is 5.75 Å². The fraction of sp³-hybridized carbons (Fsp3) is 0. The van der Waals surface area contributed by atoms with Crippen LogP contribution < -0.4 is 9.61 Å². The topological polar surface area (TPSA) is 84.8 Å². The Hall–Kier alpha value is -3.45. The first-order valence-corrected chi connectivity index (χ1v) is 9.43. The van der Waals surface area contributed by atoms with E-state index in [9.17, 15) is 13.2 Å². The predicted octanol–water partition coefficient (Wildman–Crippen LogP) is 3.22. The van der Waals surface area contributed by atoms with Crippen LogP contribution in [0.1, 0.15) is 15.9 Å². The molecule has 3 rings (SSSR count). The zero-order valence-electron chi connectivity index (χ0n) is 14.1. The average Bonchev–Trinajstić information content (AvgIpc) is 2.70. The number of nitrogens with zero attached hydrogens (tertiary/aromatic N) is 1. The molecule has 1 N–H and O–H groups in total. The summed E-state index contributed by atoms with van der Waals surface area (Å²) in [6.07, 6.45) is 1.45. The molecule has 0 heterocycles. The molecule has 0 aliphatic rings. The Morgan fingerprint density at radius 3 is 2.07 bits per heavy atom. The average molecular weight is 380 g/mol. The Morgan fingerprint density at radius 1 is 0.852 bits per heavy atom. The van der Waals surface area contributed by atoms with Gasteiger partial charge in [-0.05, 0) is 54.1 Å². The van der Waals surface area contributed by atoms with Crippen molar-refractivity contribution in [3.05, 3.63) is 96.1 Å². The van der Waals surface area contributed by atoms with Gasteiger partial charge in [0.2, 0.25) is 0 Å². The number of carbonyl (C=O) groups excluding carboxylic acids is 1. The molecule has 0 aliphatic heterocycles. The lowest BCUT2D eigenvalue weighted by molar-refractivity contribution is 0.0955. The van der Waals surface area contributed by atoms with E-state index >= 15 is 0 Å². The van der Waals surface area contributed by atoms with Crippen LogP contribution in [0, 0.1) is 0 Å². The molecule has 0 aliphatic carbocycles. The second kappa shape index (κ2) is 8.29. The first-order valence-electron chi connectivity index (χ1n) is 8.03. The summed E-state index contributed by atoms with van der Waals surface area (Å²) in [5, 5.41) is 3.89. The number of hydrogen-bond acceptors (Lipinski definition) is 5. The predicted molar refractivity (Wildman–Crippen MR) is 102 cm³/mol. The molecular weight excluding hydrogens is 364 g/mol. The summed E-state index contributed by atoms with van der Waals surface area (Å²) in [6.45, 7) is 0. The van der Waals surface area contributed by atoms with E-state index < -0.39 is 10.1 Å². The van der Waals surface area contributed by atoms with Crippen molar-refractivity contribution in [2.45, 2.75) is 4.90 Å². The van der Waals surface area contributed by atoms with Gasteiger partial charge in [0, 0.05) is 5.56 Å². The van der Waals surface area contributed by atoms with Crippen LogP contribution >= 0.6 is 0 Å². The van der Waals surface area contributed by atoms with Crippen LogP contribution in [0.15, 0.2) is 94.9 Å². The summed E-state index contributed by atoms with van der Waals surface area (Å²) in [5.41, 5.74) is 3.60. The van der Waals surface area contributed by atoms with E-state index in [0.29, 0.717) is 11.1 Å². The van der Waals surface area contributed by atoms with Crippen LogP contribution in [0.4, 0.5) is 0 Å². The normalized spacial score (nSPS) is 11.3. The maximum atomic E-state index is 12.2. The highest BCUT2D eigenvalue weighted by molar-refractivity contribution is 7.87. The van der Waals surface area contributed by atoms with Crippen LogP contribution in [0.5, 0.6) is 5.75 Å². The molecule has 0 radical (unpaired) electrons. The molecule has 0 spiro atoms. The Balaban J connectivity index is 1.61. The summed E-state index contributed by atoms with van der Waals surface area (Å²) in [6, 6.07) is 22.9. The molecule has 0 unspecified atom stereocenters. The van der Waals surface area contributed by atoms with Gasteiger partial charge in [-0.25, -0.2) is 5.43 Å². The molecule has 0 bridgehead atoms. The zero-order valence-corrected chi connectivity index (χ0v) is 15.0. The Labute approximate surface area is 157 Å². The molecule has 3 aromatic rings. The van der Waals surface area contributed by atoms with Crippen LogP contribution in [0.25, 0.3) is 0 Å². The van der Waals surface area contributed by atoms with E-state index in [2.05, 4.69) is 10.5 Å². The minimum absolute atomic E-state index is 0.0827. The monoisotopic (exact) mass is 380 g/mol. The van der Waals surface area contributed by atoms with E-state index in [1.165, 1.54) is 30.5 Å². The molecule has 0 aromatic heterocycles. The van der Waals surface area contributed by atoms with Crippen molar-refractivity contribution in [1.29, 1.82) is 0 Å². The Morgan fingerprint density at radius 2 is 1.44 bits per heavy atom. The second-order valence-electron chi connectivity index (χ2n) is 5.48. The minimum Gasteiger partial charge on any atom is -0.379 e. The largest absolute Gasteiger partial charge is 0.379 e. The number of hydrazone groups is 1. The highest BCUT2D eigenvalue weighted by Crippen LogP contribution is 2.18. The standard InChI is InChI=1S/C20H16N2O4S/c23-20(17-7-3-1-4-8-17)22-21-15-16-11-13-18(14-12-16)26-27(24,25)19-9-5-2-6-10-19/h1-15H,(H,22,23)/b21-15-. The van der Waals surface area contributed by atoms with E-state index in [1.54, 1.807) is 54.6 Å². The van der Waals surface area contributed by atoms with E-state index in [0.717, 1.165) is 0 Å². The van der Waals surface area contributed by atoms with Crippen molar-refractivity contribution in [3.63, 3.8) is 0 Å². The molecule has 7 heteroatoms. The second-order valence-corrected chi connectivity index (χ2v) is 7.03. The quantitative estimate of drug-likeness (QED) is 0.404. The molecule has 0 saturated carbocycles. The smallest absolute Gasteiger partial charge is 0.339 e. The van der Waals surface area contributed by atoms with Gasteiger partial charge in [-0.3, -0.25) is 4.79 Å². The maximum Gasteiger partial charge on any atom is 0.339 e. The molecule has 6 nitrogen and oxygen atoms in total. The zero-order chi connectivity index (χ0) is 19.1. The summed E-state index contributed by atoms with van der Waals surface area (Å²) in [4.78, 5) is 12.0. The molecule has 27 heavy (non-hydrogen) atoms. The van der Waals surface area contributed by atoms with Crippen LogP contribution in [0.2, 0.25) is 0 Å². The van der Waals surface area contributed by atoms with Crippen molar-refractivity contribution >= 4 is 22.2 Å². The molecular formula is C20H16N2O4S. The molecule has 3 aromatic carbocycles. The van der Waals surface area contributed by atoms with Gasteiger partial charge in [0.15, 0.2) is 0 Å². The van der Waals surface area contributed by atoms with Gasteiger partial charge in [-0.2, -0.15) is 13.5 Å². The van der Waals surface area contributed by atoms with Crippen molar-refractivity contribution < 1.29 is 17.4 Å². The Kier molecular flexibility index (Phi) is 5.63. The summed E-state index contributed by atoms with van der Waals surface area (Å²) in [5.74, 6) is -0.134. The van der Waals surface area contributed by atoms with Gasteiger partial charge in [0.05, 0.1) is 6.21 Å². The Bertz CT molecular complexity index is 1030. The lowest BCUT2D eigenvalue weighted by Crippen LogP contribution is -2.17. The van der Waals surface area contributed by atoms with E-state index in [1.807, 2.05) is 6.07 Å². The maximum absolute atomic E-state index is 12.2. The van der Waals surface area contributed by atoms with Gasteiger partial charge >= 0.3 is 10.1 Å². The summed E-state index contributed by atoms with van der Waals surface area (Å²) >= 11 is 0. The first kappa shape index (κ1) is 18.3. The molecule has 0 fully saturated rings. The lowest BCUT2D eigenvalue weighted by Gasteiger charge is -2.06. The minimum atomic E-state index is -3.88. The van der Waals surface area contributed by atoms with Crippen LogP contribution in [0.3, 0.4) is 0 Å². The highest BCUT2D eigenvalue weighted by atomic mass is 32.2. The summed E-state index contributed by atoms with van der Waals surface area (Å²) in [7, 11) is -3.88. The molecule has 136 valence electrons. The molecule has 0 saturated heterocycles. The molecule has 0 atom stereocenters. The number of nitrogens with one attached hydrogen (secondary N) is 1. The lowest BCUT2D eigenvalue weighted by atomic mass is 10.2. The fourth-order valence-electron chi connectivity index (χ4n) is 2.19. The van der Waals surface area contributed by atoms with Gasteiger partial charge < -0.3 is 4.18 Å². The number of amides is 1. The number of rotatable bonds is 6. The SMILES string of the molecule is O=C(N/N=C\c1ccc(OS(=O)(=O)c2ccccc2)cc1)c1ccccc1.